The molecule has 0 saturated heterocycles. The van der Waals surface area contributed by atoms with Crippen molar-refractivity contribution < 1.29 is 14.5 Å². The monoisotopic (exact) mass is 690 g/mol. The lowest BCUT2D eigenvalue weighted by atomic mass is 9.65. The summed E-state index contributed by atoms with van der Waals surface area (Å²) in [6.45, 7) is 7.47. The number of hydrogen-bond donors (Lipinski definition) is 1. The first-order valence-corrected chi connectivity index (χ1v) is 18.2. The second-order valence-corrected chi connectivity index (χ2v) is 15.0. The first-order valence-electron chi connectivity index (χ1n) is 18.2. The molecule has 1 aliphatic carbocycles. The molecule has 6 aromatic carbocycles. The number of para-hydroxylation sites is 2. The number of benzene rings is 6. The van der Waals surface area contributed by atoms with Gasteiger partial charge in [-0.2, -0.15) is 0 Å². The molecule has 6 heteroatoms. The Morgan fingerprint density at radius 3 is 1.92 bits per heavy atom. The van der Waals surface area contributed by atoms with Gasteiger partial charge in [0.05, 0.1) is 28.0 Å². The van der Waals surface area contributed by atoms with E-state index in [4.69, 9.17) is 19.4 Å². The molecule has 1 aromatic heterocycles. The van der Waals surface area contributed by atoms with Gasteiger partial charge in [-0.05, 0) is 73.6 Å². The zero-order chi connectivity index (χ0) is 36.4. The predicted octanol–water partition coefficient (Wildman–Crippen LogP) is 9.49. The molecule has 2 heterocycles. The van der Waals surface area contributed by atoms with E-state index >= 15 is 0 Å². The van der Waals surface area contributed by atoms with Crippen molar-refractivity contribution in [1.29, 1.82) is 0 Å². The summed E-state index contributed by atoms with van der Waals surface area (Å²) in [5.41, 5.74) is 9.90. The van der Waals surface area contributed by atoms with Crippen molar-refractivity contribution in [2.24, 2.45) is 0 Å². The maximum atomic E-state index is 10.9. The highest BCUT2D eigenvalue weighted by Crippen LogP contribution is 2.62. The number of aliphatic hydroxyl groups is 1. The zero-order valence-corrected chi connectivity index (χ0v) is 30.3. The fourth-order valence-corrected chi connectivity index (χ4v) is 7.86. The lowest BCUT2D eigenvalue weighted by Crippen LogP contribution is -2.49. The van der Waals surface area contributed by atoms with Crippen LogP contribution in [-0.4, -0.2) is 33.8 Å². The van der Waals surface area contributed by atoms with Crippen LogP contribution < -0.4 is 10.2 Å². The van der Waals surface area contributed by atoms with E-state index < -0.39 is 16.6 Å². The molecule has 7 aromatic rings. The van der Waals surface area contributed by atoms with Crippen LogP contribution in [-0.2, 0) is 10.1 Å². The average molecular weight is 691 g/mol. The minimum atomic E-state index is -1.03. The highest BCUT2D eigenvalue weighted by molar-refractivity contribution is 6.50. The lowest BCUT2D eigenvalue weighted by molar-refractivity contribution is -0.0893. The van der Waals surface area contributed by atoms with Gasteiger partial charge in [0.25, 0.3) is 0 Å². The van der Waals surface area contributed by atoms with Gasteiger partial charge in [0.1, 0.15) is 11.5 Å². The van der Waals surface area contributed by atoms with Crippen LogP contribution in [0.1, 0.15) is 49.9 Å². The fourth-order valence-electron chi connectivity index (χ4n) is 7.86. The van der Waals surface area contributed by atoms with Gasteiger partial charge in [-0.25, -0.2) is 9.97 Å². The zero-order valence-electron chi connectivity index (χ0n) is 30.3. The molecule has 0 radical (unpaired) electrons. The van der Waals surface area contributed by atoms with Crippen LogP contribution in [0.2, 0.25) is 0 Å². The van der Waals surface area contributed by atoms with Crippen LogP contribution in [0.5, 0.6) is 11.5 Å². The molecule has 258 valence electrons. The summed E-state index contributed by atoms with van der Waals surface area (Å²) in [5.74, 6) is 2.23. The van der Waals surface area contributed by atoms with Crippen molar-refractivity contribution in [3.05, 3.63) is 174 Å². The molecule has 1 unspecified atom stereocenters. The van der Waals surface area contributed by atoms with Gasteiger partial charge in [-0.1, -0.05) is 133 Å². The molecule has 53 heavy (non-hydrogen) atoms. The Balaban J connectivity index is 1.30. The quantitative estimate of drug-likeness (QED) is 0.169. The van der Waals surface area contributed by atoms with Crippen molar-refractivity contribution in [3.63, 3.8) is 0 Å². The Hall–Kier alpha value is -5.82. The number of nitrogens with zero attached hydrogens (tertiary/aromatic N) is 2. The summed E-state index contributed by atoms with van der Waals surface area (Å²) in [5, 5.41) is 10.9. The van der Waals surface area contributed by atoms with E-state index in [-0.39, 0.29) is 0 Å². The Kier molecular flexibility index (Phi) is 7.74. The largest absolute Gasteiger partial charge is 0.456 e. The number of hydrogen-bond acceptors (Lipinski definition) is 5. The smallest absolute Gasteiger partial charge is 0.310 e. The van der Waals surface area contributed by atoms with Crippen molar-refractivity contribution in [2.45, 2.75) is 44.3 Å². The average Bonchev–Trinajstić information content (AvgIpc) is 3.48. The third kappa shape index (κ3) is 5.24. The number of fused-ring (bicyclic) bond motifs is 9. The molecule has 0 bridgehead atoms. The van der Waals surface area contributed by atoms with E-state index in [0.29, 0.717) is 13.3 Å². The highest BCUT2D eigenvalue weighted by Gasteiger charge is 2.52. The van der Waals surface area contributed by atoms with E-state index in [1.54, 1.807) is 13.8 Å². The van der Waals surface area contributed by atoms with Crippen LogP contribution in [0.25, 0.3) is 45.0 Å². The van der Waals surface area contributed by atoms with Gasteiger partial charge in [0, 0.05) is 27.8 Å². The third-order valence-electron chi connectivity index (χ3n) is 11.2. The fraction of sp³-hybridized carbons (Fsp3) is 0.149. The van der Waals surface area contributed by atoms with Crippen molar-refractivity contribution in [2.75, 3.05) is 0 Å². The standard InChI is InChI=1S/C47H39BN2O3/c1-45(2,51)46(3,4)53-48-38-27-16-25-36-42(38)32-21-11-12-23-34(32)47(36)35-24-13-14-28-41(35)52-43-33(22-15-26-37(43)47)40-29-39(30-17-7-5-8-18-30)49-44(50-40)31-19-9-6-10-20-31/h5-29,48,51H,1-4H3. The second kappa shape index (κ2) is 12.4. The molecule has 1 N–H and O–H groups in total. The van der Waals surface area contributed by atoms with E-state index in [1.807, 2.05) is 68.4 Å². The normalized spacial score (nSPS) is 15.6. The van der Waals surface area contributed by atoms with Gasteiger partial charge in [-0.3, -0.25) is 0 Å². The molecule has 2 aliphatic rings. The van der Waals surface area contributed by atoms with Crippen LogP contribution in [0, 0.1) is 0 Å². The molecule has 1 aliphatic heterocycles. The molecule has 0 saturated carbocycles. The van der Waals surface area contributed by atoms with Crippen LogP contribution in [0.4, 0.5) is 0 Å². The van der Waals surface area contributed by atoms with Gasteiger partial charge in [0.2, 0.25) is 0 Å². The molecule has 1 spiro atoms. The van der Waals surface area contributed by atoms with Crippen molar-refractivity contribution in [3.8, 4) is 56.5 Å². The number of aromatic nitrogens is 2. The molecular weight excluding hydrogens is 651 g/mol. The maximum absolute atomic E-state index is 10.9. The van der Waals surface area contributed by atoms with E-state index in [0.717, 1.165) is 67.3 Å². The Morgan fingerprint density at radius 2 is 1.17 bits per heavy atom. The predicted molar refractivity (Wildman–Crippen MR) is 214 cm³/mol. The summed E-state index contributed by atoms with van der Waals surface area (Å²) in [4.78, 5) is 10.3. The second-order valence-electron chi connectivity index (χ2n) is 15.0. The number of ether oxygens (including phenoxy) is 1. The molecule has 0 fully saturated rings. The van der Waals surface area contributed by atoms with E-state index in [2.05, 4.69) is 97.1 Å². The van der Waals surface area contributed by atoms with Gasteiger partial charge < -0.3 is 14.5 Å². The lowest BCUT2D eigenvalue weighted by Gasteiger charge is -2.40. The maximum Gasteiger partial charge on any atom is 0.310 e. The van der Waals surface area contributed by atoms with Crippen LogP contribution in [0.3, 0.4) is 0 Å². The van der Waals surface area contributed by atoms with Gasteiger partial charge in [-0.15, -0.1) is 0 Å². The third-order valence-corrected chi connectivity index (χ3v) is 11.2. The Morgan fingerprint density at radius 1 is 0.585 bits per heavy atom. The molecule has 9 rings (SSSR count). The summed E-state index contributed by atoms with van der Waals surface area (Å²) in [6, 6.07) is 52.6. The highest BCUT2D eigenvalue weighted by atomic mass is 16.5. The van der Waals surface area contributed by atoms with E-state index in [9.17, 15) is 5.11 Å². The Labute approximate surface area is 311 Å². The summed E-state index contributed by atoms with van der Waals surface area (Å²) >= 11 is 0. The van der Waals surface area contributed by atoms with Gasteiger partial charge >= 0.3 is 7.48 Å². The van der Waals surface area contributed by atoms with Crippen LogP contribution >= 0.6 is 0 Å². The minimum absolute atomic E-state index is 0.348. The molecular formula is C47H39BN2O3. The summed E-state index contributed by atoms with van der Waals surface area (Å²) in [6.07, 6.45) is 0. The van der Waals surface area contributed by atoms with E-state index in [1.165, 1.54) is 11.1 Å². The van der Waals surface area contributed by atoms with Crippen LogP contribution in [0.15, 0.2) is 152 Å². The molecule has 5 nitrogen and oxygen atoms in total. The van der Waals surface area contributed by atoms with Crippen molar-refractivity contribution >= 4 is 12.9 Å². The Bertz CT molecular complexity index is 2450. The summed E-state index contributed by atoms with van der Waals surface area (Å²) in [7, 11) is 0.348. The SMILES string of the molecule is CC(C)(O)C(C)(C)OBc1cccc2c1-c1ccccc1C21c2ccccc2Oc2c(-c3cc(-c4ccccc4)nc(-c4ccccc4)n3)cccc21. The molecule has 1 atom stereocenters. The van der Waals surface area contributed by atoms with Gasteiger partial charge in [0.15, 0.2) is 5.82 Å². The number of rotatable bonds is 7. The first-order chi connectivity index (χ1) is 25.7. The first kappa shape index (κ1) is 33.0. The topological polar surface area (TPSA) is 64.5 Å². The minimum Gasteiger partial charge on any atom is -0.456 e. The molecule has 0 amide bonds. The summed E-state index contributed by atoms with van der Waals surface area (Å²) < 4.78 is 13.5. The van der Waals surface area contributed by atoms with Crippen molar-refractivity contribution in [1.82, 2.24) is 9.97 Å².